The van der Waals surface area contributed by atoms with Gasteiger partial charge in [-0.2, -0.15) is 17.8 Å². The van der Waals surface area contributed by atoms with Crippen molar-refractivity contribution in [2.24, 2.45) is 5.92 Å². The lowest BCUT2D eigenvalue weighted by molar-refractivity contribution is 0.285. The third kappa shape index (κ3) is 3.48. The molecule has 22 heavy (non-hydrogen) atoms. The number of nitrogens with zero attached hydrogens (tertiary/aromatic N) is 2. The van der Waals surface area contributed by atoms with E-state index in [2.05, 4.69) is 21.8 Å². The summed E-state index contributed by atoms with van der Waals surface area (Å²) in [4.78, 5) is 0. The molecule has 2 N–H and O–H groups in total. The van der Waals surface area contributed by atoms with Gasteiger partial charge >= 0.3 is 0 Å². The summed E-state index contributed by atoms with van der Waals surface area (Å²) in [5.41, 5.74) is 2.09. The third-order valence-electron chi connectivity index (χ3n) is 4.29. The highest BCUT2D eigenvalue weighted by Crippen LogP contribution is 2.18. The zero-order valence-corrected chi connectivity index (χ0v) is 13.6. The minimum atomic E-state index is -3.34. The van der Waals surface area contributed by atoms with Crippen molar-refractivity contribution >= 4 is 21.1 Å². The molecule has 3 rings (SSSR count). The number of hydrogen-bond donors (Lipinski definition) is 2. The molecule has 120 valence electrons. The Hall–Kier alpha value is -1.44. The highest BCUT2D eigenvalue weighted by Gasteiger charge is 2.25. The van der Waals surface area contributed by atoms with E-state index in [0.717, 1.165) is 29.3 Å². The Balaban J connectivity index is 1.55. The second-order valence-corrected chi connectivity index (χ2v) is 7.78. The summed E-state index contributed by atoms with van der Waals surface area (Å²) in [6.07, 6.45) is 4.33. The number of rotatable bonds is 5. The van der Waals surface area contributed by atoms with E-state index in [4.69, 9.17) is 0 Å². The van der Waals surface area contributed by atoms with Crippen LogP contribution in [0.1, 0.15) is 25.3 Å². The summed E-state index contributed by atoms with van der Waals surface area (Å²) in [6.45, 7) is 3.83. The Kier molecular flexibility index (Phi) is 4.46. The van der Waals surface area contributed by atoms with Gasteiger partial charge in [-0.15, -0.1) is 0 Å². The minimum absolute atomic E-state index is 0.414. The Bertz CT molecular complexity index is 733. The maximum atomic E-state index is 12.3. The fraction of sp³-hybridized carbons (Fsp3) is 0.533. The molecule has 1 saturated heterocycles. The van der Waals surface area contributed by atoms with Crippen LogP contribution in [-0.4, -0.2) is 42.6 Å². The zero-order chi connectivity index (χ0) is 15.6. The molecule has 0 radical (unpaired) electrons. The molecule has 1 aliphatic rings. The summed E-state index contributed by atoms with van der Waals surface area (Å²) in [7, 11) is -3.34. The Labute approximate surface area is 131 Å². The van der Waals surface area contributed by atoms with Crippen molar-refractivity contribution < 1.29 is 8.42 Å². The quantitative estimate of drug-likeness (QED) is 0.879. The fourth-order valence-corrected chi connectivity index (χ4v) is 4.02. The van der Waals surface area contributed by atoms with Gasteiger partial charge in [-0.05, 0) is 42.9 Å². The highest BCUT2D eigenvalue weighted by molar-refractivity contribution is 7.87. The molecule has 0 amide bonds. The van der Waals surface area contributed by atoms with Gasteiger partial charge in [-0.1, -0.05) is 13.0 Å². The minimum Gasteiger partial charge on any atom is -0.278 e. The SMILES string of the molecule is CC1CCN(S(=O)(=O)NCCc2ccc3[nH]ncc3c2)CC1. The average Bonchev–Trinajstić information content (AvgIpc) is 2.95. The molecule has 0 spiro atoms. The molecule has 0 atom stereocenters. The lowest BCUT2D eigenvalue weighted by Crippen LogP contribution is -2.45. The van der Waals surface area contributed by atoms with Gasteiger partial charge in [0.25, 0.3) is 10.2 Å². The molecule has 1 aromatic carbocycles. The molecule has 0 bridgehead atoms. The van der Waals surface area contributed by atoms with Gasteiger partial charge in [0.2, 0.25) is 0 Å². The van der Waals surface area contributed by atoms with Crippen LogP contribution in [0.4, 0.5) is 0 Å². The van der Waals surface area contributed by atoms with E-state index in [1.54, 1.807) is 10.5 Å². The summed E-state index contributed by atoms with van der Waals surface area (Å²) < 4.78 is 28.8. The first kappa shape index (κ1) is 15.5. The van der Waals surface area contributed by atoms with Crippen LogP contribution in [-0.2, 0) is 16.6 Å². The van der Waals surface area contributed by atoms with Gasteiger partial charge in [0.05, 0.1) is 11.7 Å². The first-order valence-corrected chi connectivity index (χ1v) is 9.15. The van der Waals surface area contributed by atoms with Crippen LogP contribution in [0.2, 0.25) is 0 Å². The first-order chi connectivity index (χ1) is 10.5. The highest BCUT2D eigenvalue weighted by atomic mass is 32.2. The van der Waals surface area contributed by atoms with E-state index < -0.39 is 10.2 Å². The van der Waals surface area contributed by atoms with Crippen LogP contribution in [0, 0.1) is 5.92 Å². The number of H-pyrrole nitrogens is 1. The van der Waals surface area contributed by atoms with Crippen molar-refractivity contribution in [1.82, 2.24) is 19.2 Å². The molecule has 1 fully saturated rings. The summed E-state index contributed by atoms with van der Waals surface area (Å²) >= 11 is 0. The molecule has 1 aromatic heterocycles. The van der Waals surface area contributed by atoms with Crippen molar-refractivity contribution in [3.8, 4) is 0 Å². The Morgan fingerprint density at radius 3 is 2.91 bits per heavy atom. The number of fused-ring (bicyclic) bond motifs is 1. The second-order valence-electron chi connectivity index (χ2n) is 6.02. The molecule has 7 heteroatoms. The molecular formula is C15H22N4O2S. The number of hydrogen-bond acceptors (Lipinski definition) is 3. The standard InChI is InChI=1S/C15H22N4O2S/c1-12-5-8-19(9-6-12)22(20,21)17-7-4-13-2-3-15-14(10-13)11-16-18-15/h2-3,10-12,17H,4-9H2,1H3,(H,16,18). The Morgan fingerprint density at radius 2 is 2.14 bits per heavy atom. The van der Waals surface area contributed by atoms with E-state index >= 15 is 0 Å². The summed E-state index contributed by atoms with van der Waals surface area (Å²) in [5.74, 6) is 0.619. The van der Waals surface area contributed by atoms with Gasteiger partial charge < -0.3 is 0 Å². The van der Waals surface area contributed by atoms with Gasteiger partial charge in [-0.3, -0.25) is 5.10 Å². The molecule has 2 aromatic rings. The molecule has 0 unspecified atom stereocenters. The van der Waals surface area contributed by atoms with Crippen LogP contribution in [0.25, 0.3) is 10.9 Å². The lowest BCUT2D eigenvalue weighted by atomic mass is 10.0. The van der Waals surface area contributed by atoms with Crippen LogP contribution >= 0.6 is 0 Å². The summed E-state index contributed by atoms with van der Waals surface area (Å²) in [5, 5.41) is 7.94. The molecular weight excluding hydrogens is 300 g/mol. The summed E-state index contributed by atoms with van der Waals surface area (Å²) in [6, 6.07) is 6.01. The Morgan fingerprint density at radius 1 is 1.36 bits per heavy atom. The van der Waals surface area contributed by atoms with E-state index in [1.807, 2.05) is 18.2 Å². The molecule has 0 saturated carbocycles. The van der Waals surface area contributed by atoms with Crippen LogP contribution < -0.4 is 4.72 Å². The van der Waals surface area contributed by atoms with Crippen molar-refractivity contribution in [3.05, 3.63) is 30.0 Å². The predicted octanol–water partition coefficient (Wildman–Crippen LogP) is 1.67. The monoisotopic (exact) mass is 322 g/mol. The van der Waals surface area contributed by atoms with Crippen LogP contribution in [0.3, 0.4) is 0 Å². The topological polar surface area (TPSA) is 78.1 Å². The number of benzene rings is 1. The maximum absolute atomic E-state index is 12.3. The van der Waals surface area contributed by atoms with Gasteiger partial charge in [0.1, 0.15) is 0 Å². The van der Waals surface area contributed by atoms with Crippen molar-refractivity contribution in [1.29, 1.82) is 0 Å². The van der Waals surface area contributed by atoms with Crippen LogP contribution in [0.15, 0.2) is 24.4 Å². The normalized spacial score (nSPS) is 18.0. The van der Waals surface area contributed by atoms with Gasteiger partial charge in [0.15, 0.2) is 0 Å². The lowest BCUT2D eigenvalue weighted by Gasteiger charge is -2.29. The fourth-order valence-electron chi connectivity index (χ4n) is 2.79. The largest absolute Gasteiger partial charge is 0.279 e. The number of piperidine rings is 1. The molecule has 1 aliphatic heterocycles. The van der Waals surface area contributed by atoms with Gasteiger partial charge in [0, 0.05) is 25.0 Å². The van der Waals surface area contributed by atoms with E-state index in [0.29, 0.717) is 32.0 Å². The number of aromatic nitrogens is 2. The van der Waals surface area contributed by atoms with Crippen LogP contribution in [0.5, 0.6) is 0 Å². The number of aromatic amines is 1. The molecule has 0 aliphatic carbocycles. The first-order valence-electron chi connectivity index (χ1n) is 7.71. The van der Waals surface area contributed by atoms with Crippen molar-refractivity contribution in [3.63, 3.8) is 0 Å². The van der Waals surface area contributed by atoms with Crippen molar-refractivity contribution in [2.75, 3.05) is 19.6 Å². The predicted molar refractivity (Wildman–Crippen MR) is 86.7 cm³/mol. The zero-order valence-electron chi connectivity index (χ0n) is 12.7. The van der Waals surface area contributed by atoms with E-state index in [9.17, 15) is 8.42 Å². The average molecular weight is 322 g/mol. The maximum Gasteiger partial charge on any atom is 0.279 e. The second kappa shape index (κ2) is 6.36. The molecule has 6 nitrogen and oxygen atoms in total. The smallest absolute Gasteiger partial charge is 0.278 e. The van der Waals surface area contributed by atoms with Gasteiger partial charge in [-0.25, -0.2) is 4.72 Å². The molecule has 2 heterocycles. The number of nitrogens with one attached hydrogen (secondary N) is 2. The third-order valence-corrected chi connectivity index (χ3v) is 5.90. The van der Waals surface area contributed by atoms with E-state index in [1.165, 1.54) is 0 Å². The van der Waals surface area contributed by atoms with E-state index in [-0.39, 0.29) is 0 Å². The van der Waals surface area contributed by atoms with Crippen molar-refractivity contribution in [2.45, 2.75) is 26.2 Å².